The fourth-order valence-electron chi connectivity index (χ4n) is 11.9. The van der Waals surface area contributed by atoms with E-state index in [9.17, 15) is 47.9 Å². The first-order valence-corrected chi connectivity index (χ1v) is 50.7. The van der Waals surface area contributed by atoms with Crippen molar-refractivity contribution in [1.29, 1.82) is 0 Å². The zero-order valence-electron chi connectivity index (χ0n) is 75.0. The van der Waals surface area contributed by atoms with Crippen LogP contribution in [0, 0.1) is 0 Å². The van der Waals surface area contributed by atoms with E-state index in [0.29, 0.717) is 58.9 Å². The van der Waals surface area contributed by atoms with Gasteiger partial charge in [0.05, 0.1) is 58.4 Å². The summed E-state index contributed by atoms with van der Waals surface area (Å²) in [5, 5.41) is 5.23. The average molecular weight is 1770 g/mol. The Kier molecular flexibility index (Phi) is 81.4. The van der Waals surface area contributed by atoms with Gasteiger partial charge in [0, 0.05) is 85.1 Å². The predicted octanol–water partition coefficient (Wildman–Crippen LogP) is 15.9. The third-order valence-electron chi connectivity index (χ3n) is 19.5. The van der Waals surface area contributed by atoms with Crippen LogP contribution >= 0.6 is 58.8 Å². The molecule has 0 aliphatic heterocycles. The molecule has 5 unspecified atom stereocenters. The van der Waals surface area contributed by atoms with E-state index in [1.54, 1.807) is 58.8 Å². The monoisotopic (exact) mass is 1770 g/mol. The lowest BCUT2D eigenvalue weighted by atomic mass is 10.1. The number of nitrogens with one attached hydrogen (secondary N) is 2. The highest BCUT2D eigenvalue weighted by atomic mass is 32.2. The lowest BCUT2D eigenvalue weighted by Gasteiger charge is -2.27. The van der Waals surface area contributed by atoms with Crippen molar-refractivity contribution in [2.75, 3.05) is 180 Å². The summed E-state index contributed by atoms with van der Waals surface area (Å²) in [5.74, 6) is 0.146. The van der Waals surface area contributed by atoms with Gasteiger partial charge in [0.15, 0.2) is 0 Å². The highest BCUT2D eigenvalue weighted by Crippen LogP contribution is 2.22. The van der Waals surface area contributed by atoms with Crippen molar-refractivity contribution in [3.8, 4) is 0 Å². The Morgan fingerprint density at radius 3 is 0.593 bits per heavy atom. The van der Waals surface area contributed by atoms with Crippen LogP contribution in [0.25, 0.3) is 0 Å². The molecule has 0 saturated carbocycles. The fraction of sp³-hybridized carbons (Fsp3) is 0.886. The molecule has 690 valence electrons. The summed E-state index contributed by atoms with van der Waals surface area (Å²) in [6.45, 7) is 24.3. The highest BCUT2D eigenvalue weighted by Gasteiger charge is 2.23. The number of ether oxygens (including phenoxy) is 10. The van der Waals surface area contributed by atoms with Gasteiger partial charge in [-0.3, -0.25) is 47.9 Å². The van der Waals surface area contributed by atoms with Crippen molar-refractivity contribution in [3.05, 3.63) is 0 Å². The van der Waals surface area contributed by atoms with Crippen molar-refractivity contribution < 1.29 is 95.3 Å². The summed E-state index contributed by atoms with van der Waals surface area (Å²) in [6, 6.07) is 0. The molecule has 0 bridgehead atoms. The van der Waals surface area contributed by atoms with E-state index in [-0.39, 0.29) is 180 Å². The van der Waals surface area contributed by atoms with Crippen LogP contribution < -0.4 is 10.6 Å². The Hall–Kier alpha value is -3.75. The van der Waals surface area contributed by atoms with Gasteiger partial charge in [-0.1, -0.05) is 195 Å². The zero-order valence-corrected chi connectivity index (χ0v) is 79.1. The first-order chi connectivity index (χ1) is 57.2. The van der Waals surface area contributed by atoms with Crippen molar-refractivity contribution in [2.45, 2.75) is 320 Å². The largest absolute Gasteiger partial charge is 0.462 e. The standard InChI is InChI=1S/C88H163N5O20S5/c1-11-16-21-26-31-36-69-114-74(6)84(99)109-64-59-104-79(94)41-50-91(51-42-80(95)105-60-65-110-85(100)75(7)115-70-37-32-27-22-17-12-2)55-48-89-46-47-90-49-56-93(54-45-83(98)108-63-68-113-88(103)78(10)118-73-40-35-30-25-20-15-5)58-57-92(52-43-81(96)106-61-66-111-86(101)76(8)116-71-38-33-28-23-18-13-3)53-44-82(97)107-62-67-112-87(102)77(9)117-72-39-34-29-24-19-14-4/h74-78,89-90H,11-73H2,1-10H3. The Morgan fingerprint density at radius 2 is 0.390 bits per heavy atom. The van der Waals surface area contributed by atoms with Crippen LogP contribution in [-0.4, -0.2) is 281 Å². The van der Waals surface area contributed by atoms with Gasteiger partial charge in [-0.25, -0.2) is 0 Å². The minimum atomic E-state index is -0.510. The van der Waals surface area contributed by atoms with E-state index < -0.39 is 29.8 Å². The molecule has 0 aromatic rings. The molecule has 30 heteroatoms. The Labute approximate surface area is 734 Å². The van der Waals surface area contributed by atoms with Crippen LogP contribution in [0.2, 0.25) is 0 Å². The lowest BCUT2D eigenvalue weighted by molar-refractivity contribution is -0.152. The fourth-order valence-corrected chi connectivity index (χ4v) is 16.6. The molecule has 0 radical (unpaired) electrons. The normalized spacial score (nSPS) is 12.7. The van der Waals surface area contributed by atoms with Crippen molar-refractivity contribution in [1.82, 2.24) is 25.3 Å². The second kappa shape index (κ2) is 84.1. The first-order valence-electron chi connectivity index (χ1n) is 45.5. The summed E-state index contributed by atoms with van der Waals surface area (Å²) in [4.78, 5) is 136. The number of nitrogens with zero attached hydrogens (tertiary/aromatic N) is 3. The van der Waals surface area contributed by atoms with Gasteiger partial charge >= 0.3 is 59.7 Å². The molecule has 25 nitrogen and oxygen atoms in total. The average Bonchev–Trinajstić information content (AvgIpc) is 0.939. The third-order valence-corrected chi connectivity index (χ3v) is 25.6. The van der Waals surface area contributed by atoms with E-state index in [0.717, 1.165) is 93.0 Å². The van der Waals surface area contributed by atoms with E-state index >= 15 is 0 Å². The molecule has 0 fully saturated rings. The Bertz CT molecular complexity index is 2390. The maximum absolute atomic E-state index is 13.3. The zero-order chi connectivity index (χ0) is 87.0. The quantitative estimate of drug-likeness (QED) is 0.0325. The topological polar surface area (TPSA) is 297 Å². The van der Waals surface area contributed by atoms with Crippen LogP contribution in [0.3, 0.4) is 0 Å². The van der Waals surface area contributed by atoms with Crippen LogP contribution in [0.4, 0.5) is 0 Å². The number of hydrogen-bond donors (Lipinski definition) is 2. The maximum Gasteiger partial charge on any atom is 0.318 e. The van der Waals surface area contributed by atoms with E-state index in [4.69, 9.17) is 47.4 Å². The van der Waals surface area contributed by atoms with E-state index in [1.165, 1.54) is 128 Å². The third kappa shape index (κ3) is 73.7. The molecule has 0 spiro atoms. The van der Waals surface area contributed by atoms with Crippen LogP contribution in [0.5, 0.6) is 0 Å². The van der Waals surface area contributed by atoms with Gasteiger partial charge in [-0.05, 0) is 95.5 Å². The second-order valence-electron chi connectivity index (χ2n) is 30.1. The molecule has 0 aliphatic carbocycles. The highest BCUT2D eigenvalue weighted by molar-refractivity contribution is 8.01. The number of thioether (sulfide) groups is 5. The minimum absolute atomic E-state index is 0.0218. The summed E-state index contributed by atoms with van der Waals surface area (Å²) in [5.41, 5.74) is 0. The van der Waals surface area contributed by atoms with Gasteiger partial charge < -0.3 is 72.7 Å². The summed E-state index contributed by atoms with van der Waals surface area (Å²) < 4.78 is 54.8. The number of carbonyl (C=O) groups excluding carboxylic acids is 10. The molecule has 5 atom stereocenters. The van der Waals surface area contributed by atoms with Crippen molar-refractivity contribution >= 4 is 119 Å². The van der Waals surface area contributed by atoms with Crippen molar-refractivity contribution in [3.63, 3.8) is 0 Å². The van der Waals surface area contributed by atoms with Gasteiger partial charge in [-0.15, -0.1) is 58.8 Å². The molecule has 0 rings (SSSR count). The van der Waals surface area contributed by atoms with Gasteiger partial charge in [0.2, 0.25) is 0 Å². The van der Waals surface area contributed by atoms with Crippen LogP contribution in [0.1, 0.15) is 294 Å². The summed E-state index contributed by atoms with van der Waals surface area (Å²) in [6.07, 6.45) is 35.1. The number of unbranched alkanes of at least 4 members (excludes halogenated alkanes) is 25. The maximum atomic E-state index is 13.3. The van der Waals surface area contributed by atoms with Gasteiger partial charge in [-0.2, -0.15) is 0 Å². The molecule has 0 heterocycles. The smallest absolute Gasteiger partial charge is 0.318 e. The molecule has 0 saturated heterocycles. The first kappa shape index (κ1) is 114. The number of hydrogen-bond acceptors (Lipinski definition) is 30. The SMILES string of the molecule is CCCCCCCCSC(C)C(=O)OCCOC(=O)CCN(CCNCCNCCN(CCC(=O)OCCOC(=O)C(C)SCCCCCCCC)CCN(CCC(=O)OCCOC(=O)C(C)SCCCCCCCC)CCC(=O)OCCOC(=O)C(C)SCCCCCCCC)CCC(=O)OCCOC(=O)C(C)SCCCCCCCC. The number of rotatable bonds is 87. The Balaban J connectivity index is 6.17. The predicted molar refractivity (Wildman–Crippen MR) is 484 cm³/mol. The summed E-state index contributed by atoms with van der Waals surface area (Å²) in [7, 11) is 0. The van der Waals surface area contributed by atoms with Crippen LogP contribution in [0.15, 0.2) is 0 Å². The molecule has 0 amide bonds. The molecular formula is C88H163N5O20S5. The molecule has 118 heavy (non-hydrogen) atoms. The van der Waals surface area contributed by atoms with Gasteiger partial charge in [0.25, 0.3) is 0 Å². The number of carbonyl (C=O) groups is 10. The van der Waals surface area contributed by atoms with E-state index in [1.807, 2.05) is 44.4 Å². The van der Waals surface area contributed by atoms with Crippen molar-refractivity contribution in [2.24, 2.45) is 0 Å². The van der Waals surface area contributed by atoms with Crippen LogP contribution in [-0.2, 0) is 95.3 Å². The molecule has 0 aromatic carbocycles. The second-order valence-corrected chi connectivity index (χ2v) is 37.4. The molecule has 0 aromatic heterocycles. The summed E-state index contributed by atoms with van der Waals surface area (Å²) >= 11 is 7.82. The minimum Gasteiger partial charge on any atom is -0.462 e. The molecule has 2 N–H and O–H groups in total. The molecule has 0 aliphatic rings. The molecular weight excluding hydrogens is 1610 g/mol. The van der Waals surface area contributed by atoms with Gasteiger partial charge in [0.1, 0.15) is 66.1 Å². The lowest BCUT2D eigenvalue weighted by Crippen LogP contribution is -2.42. The number of esters is 10. The van der Waals surface area contributed by atoms with E-state index in [2.05, 4.69) is 50.2 Å². The Morgan fingerprint density at radius 1 is 0.220 bits per heavy atom.